The Morgan fingerprint density at radius 2 is 2.40 bits per heavy atom. The maximum Gasteiger partial charge on any atom is 0.187 e. The molecule has 5 heteroatoms. The summed E-state index contributed by atoms with van der Waals surface area (Å²) in [4.78, 5) is 8.70. The summed E-state index contributed by atoms with van der Waals surface area (Å²) in [6, 6.07) is 1.92. The van der Waals surface area contributed by atoms with Gasteiger partial charge in [0, 0.05) is 23.2 Å². The fourth-order valence-electron chi connectivity index (χ4n) is 3.20. The SMILES string of the molecule is CCNC1(CO)CCCC1CCSc1nccc(C)n1. The molecule has 0 aromatic carbocycles. The molecule has 4 nitrogen and oxygen atoms in total. The molecule has 20 heavy (non-hydrogen) atoms. The lowest BCUT2D eigenvalue weighted by molar-refractivity contribution is 0.124. The Morgan fingerprint density at radius 1 is 1.55 bits per heavy atom. The van der Waals surface area contributed by atoms with Crippen molar-refractivity contribution in [1.29, 1.82) is 0 Å². The molecule has 0 amide bonds. The zero-order chi connectivity index (χ0) is 14.4. The molecular weight excluding hydrogens is 270 g/mol. The molecule has 1 aromatic heterocycles. The highest BCUT2D eigenvalue weighted by atomic mass is 32.2. The predicted molar refractivity (Wildman–Crippen MR) is 82.9 cm³/mol. The lowest BCUT2D eigenvalue weighted by atomic mass is 9.86. The first-order chi connectivity index (χ1) is 9.70. The third-order valence-electron chi connectivity index (χ3n) is 4.24. The van der Waals surface area contributed by atoms with Gasteiger partial charge in [0.15, 0.2) is 5.16 Å². The quantitative estimate of drug-likeness (QED) is 0.597. The third-order valence-corrected chi connectivity index (χ3v) is 5.13. The number of rotatable bonds is 7. The average molecular weight is 295 g/mol. The molecule has 2 N–H and O–H groups in total. The van der Waals surface area contributed by atoms with Gasteiger partial charge in [-0.25, -0.2) is 9.97 Å². The molecule has 0 radical (unpaired) electrons. The van der Waals surface area contributed by atoms with Crippen LogP contribution in [0.1, 0.15) is 38.3 Å². The molecule has 2 atom stereocenters. The van der Waals surface area contributed by atoms with Gasteiger partial charge in [-0.15, -0.1) is 0 Å². The number of hydrogen-bond acceptors (Lipinski definition) is 5. The first-order valence-corrected chi connectivity index (χ1v) is 8.47. The molecular formula is C15H25N3OS. The van der Waals surface area contributed by atoms with E-state index in [2.05, 4.69) is 22.2 Å². The van der Waals surface area contributed by atoms with Gasteiger partial charge in [0.2, 0.25) is 0 Å². The summed E-state index contributed by atoms with van der Waals surface area (Å²) in [6.07, 6.45) is 6.44. The molecule has 112 valence electrons. The van der Waals surface area contributed by atoms with Crippen LogP contribution in [0.2, 0.25) is 0 Å². The van der Waals surface area contributed by atoms with Gasteiger partial charge in [0.1, 0.15) is 0 Å². The number of hydrogen-bond donors (Lipinski definition) is 2. The van der Waals surface area contributed by atoms with E-state index >= 15 is 0 Å². The molecule has 0 spiro atoms. The van der Waals surface area contributed by atoms with Crippen LogP contribution in [0.3, 0.4) is 0 Å². The minimum absolute atomic E-state index is 0.0528. The number of aryl methyl sites for hydroxylation is 1. The number of nitrogens with one attached hydrogen (secondary N) is 1. The van der Waals surface area contributed by atoms with E-state index in [1.54, 1.807) is 11.8 Å². The van der Waals surface area contributed by atoms with Crippen molar-refractivity contribution in [2.45, 2.75) is 50.2 Å². The van der Waals surface area contributed by atoms with Crippen molar-refractivity contribution in [3.63, 3.8) is 0 Å². The van der Waals surface area contributed by atoms with Gasteiger partial charge in [-0.2, -0.15) is 0 Å². The Balaban J connectivity index is 1.86. The van der Waals surface area contributed by atoms with Crippen molar-refractivity contribution >= 4 is 11.8 Å². The first kappa shape index (κ1) is 15.7. The Hall–Kier alpha value is -0.650. The van der Waals surface area contributed by atoms with Gasteiger partial charge < -0.3 is 10.4 Å². The van der Waals surface area contributed by atoms with E-state index < -0.39 is 0 Å². The molecule has 2 rings (SSSR count). The van der Waals surface area contributed by atoms with Gasteiger partial charge in [-0.1, -0.05) is 25.1 Å². The van der Waals surface area contributed by atoms with Gasteiger partial charge in [-0.05, 0) is 44.7 Å². The van der Waals surface area contributed by atoms with Crippen LogP contribution in [0.5, 0.6) is 0 Å². The number of aromatic nitrogens is 2. The maximum absolute atomic E-state index is 9.78. The molecule has 1 heterocycles. The fraction of sp³-hybridized carbons (Fsp3) is 0.733. The monoisotopic (exact) mass is 295 g/mol. The minimum atomic E-state index is -0.0528. The fourth-order valence-corrected chi connectivity index (χ4v) is 4.13. The molecule has 0 bridgehead atoms. The van der Waals surface area contributed by atoms with Crippen molar-refractivity contribution in [2.24, 2.45) is 5.92 Å². The van der Waals surface area contributed by atoms with Crippen LogP contribution in [0, 0.1) is 12.8 Å². The van der Waals surface area contributed by atoms with E-state index in [0.717, 1.165) is 36.0 Å². The van der Waals surface area contributed by atoms with Gasteiger partial charge in [-0.3, -0.25) is 0 Å². The molecule has 0 saturated heterocycles. The molecule has 2 unspecified atom stereocenters. The van der Waals surface area contributed by atoms with E-state index in [1.807, 2.05) is 19.2 Å². The van der Waals surface area contributed by atoms with E-state index in [-0.39, 0.29) is 12.1 Å². The normalized spacial score (nSPS) is 26.1. The number of thioether (sulfide) groups is 1. The van der Waals surface area contributed by atoms with Crippen LogP contribution in [0.25, 0.3) is 0 Å². The Bertz CT molecular complexity index is 429. The summed E-state index contributed by atoms with van der Waals surface area (Å²) >= 11 is 1.72. The van der Waals surface area contributed by atoms with E-state index in [9.17, 15) is 5.11 Å². The summed E-state index contributed by atoms with van der Waals surface area (Å²) in [5.41, 5.74) is 0.962. The van der Waals surface area contributed by atoms with Crippen LogP contribution in [0.4, 0.5) is 0 Å². The average Bonchev–Trinajstić information content (AvgIpc) is 2.83. The second-order valence-corrected chi connectivity index (χ2v) is 6.61. The standard InChI is InChI=1S/C15H25N3OS/c1-3-17-15(11-19)8-4-5-13(15)7-10-20-14-16-9-6-12(2)18-14/h6,9,13,17,19H,3-5,7-8,10-11H2,1-2H3. The van der Waals surface area contributed by atoms with E-state index in [0.29, 0.717) is 5.92 Å². The predicted octanol–water partition coefficient (Wildman–Crippen LogP) is 2.41. The minimum Gasteiger partial charge on any atom is -0.394 e. The molecule has 0 aliphatic heterocycles. The van der Waals surface area contributed by atoms with Crippen molar-refractivity contribution < 1.29 is 5.11 Å². The van der Waals surface area contributed by atoms with E-state index in [4.69, 9.17) is 0 Å². The van der Waals surface area contributed by atoms with Crippen LogP contribution >= 0.6 is 11.8 Å². The molecule has 1 saturated carbocycles. The summed E-state index contributed by atoms with van der Waals surface area (Å²) in [6.45, 7) is 5.27. The highest BCUT2D eigenvalue weighted by Gasteiger charge is 2.41. The Kier molecular flexibility index (Phi) is 5.81. The lowest BCUT2D eigenvalue weighted by Gasteiger charge is -2.34. The maximum atomic E-state index is 9.78. The van der Waals surface area contributed by atoms with Crippen molar-refractivity contribution in [2.75, 3.05) is 18.9 Å². The Labute approximate surface area is 125 Å². The summed E-state index contributed by atoms with van der Waals surface area (Å²) < 4.78 is 0. The highest BCUT2D eigenvalue weighted by molar-refractivity contribution is 7.99. The zero-order valence-corrected chi connectivity index (χ0v) is 13.2. The number of aliphatic hydroxyl groups is 1. The second-order valence-electron chi connectivity index (χ2n) is 5.55. The lowest BCUT2D eigenvalue weighted by Crippen LogP contribution is -2.51. The summed E-state index contributed by atoms with van der Waals surface area (Å²) in [7, 11) is 0. The molecule has 1 fully saturated rings. The van der Waals surface area contributed by atoms with Crippen LogP contribution in [0.15, 0.2) is 17.4 Å². The van der Waals surface area contributed by atoms with Crippen LogP contribution in [-0.4, -0.2) is 39.5 Å². The van der Waals surface area contributed by atoms with Crippen molar-refractivity contribution in [1.82, 2.24) is 15.3 Å². The summed E-state index contributed by atoms with van der Waals surface area (Å²) in [5.74, 6) is 1.58. The van der Waals surface area contributed by atoms with Crippen molar-refractivity contribution in [3.05, 3.63) is 18.0 Å². The number of nitrogens with zero attached hydrogens (tertiary/aromatic N) is 2. The van der Waals surface area contributed by atoms with Crippen LogP contribution in [-0.2, 0) is 0 Å². The smallest absolute Gasteiger partial charge is 0.187 e. The first-order valence-electron chi connectivity index (χ1n) is 7.48. The third kappa shape index (κ3) is 3.71. The number of aliphatic hydroxyl groups excluding tert-OH is 1. The molecule has 1 aromatic rings. The molecule has 1 aliphatic rings. The second kappa shape index (κ2) is 7.38. The zero-order valence-electron chi connectivity index (χ0n) is 12.4. The molecule has 1 aliphatic carbocycles. The highest BCUT2D eigenvalue weighted by Crippen LogP contribution is 2.38. The topological polar surface area (TPSA) is 58.0 Å². The van der Waals surface area contributed by atoms with Gasteiger partial charge in [0.25, 0.3) is 0 Å². The largest absolute Gasteiger partial charge is 0.394 e. The number of likely N-dealkylation sites (N-methyl/N-ethyl adjacent to an activating group) is 1. The van der Waals surface area contributed by atoms with Gasteiger partial charge in [0.05, 0.1) is 6.61 Å². The van der Waals surface area contributed by atoms with Crippen LogP contribution < -0.4 is 5.32 Å². The Morgan fingerprint density at radius 3 is 3.10 bits per heavy atom. The van der Waals surface area contributed by atoms with E-state index in [1.165, 1.54) is 12.8 Å². The summed E-state index contributed by atoms with van der Waals surface area (Å²) in [5, 5.41) is 14.2. The van der Waals surface area contributed by atoms with Gasteiger partial charge >= 0.3 is 0 Å². The van der Waals surface area contributed by atoms with Crippen molar-refractivity contribution in [3.8, 4) is 0 Å².